The van der Waals surface area contributed by atoms with Crippen LogP contribution in [0.5, 0.6) is 5.75 Å². The van der Waals surface area contributed by atoms with E-state index in [2.05, 4.69) is 34.2 Å². The first-order valence-electron chi connectivity index (χ1n) is 9.65. The van der Waals surface area contributed by atoms with Crippen molar-refractivity contribution in [2.75, 3.05) is 11.9 Å². The second kappa shape index (κ2) is 8.84. The molecule has 0 amide bonds. The van der Waals surface area contributed by atoms with Crippen molar-refractivity contribution in [1.82, 2.24) is 19.7 Å². The van der Waals surface area contributed by atoms with Gasteiger partial charge in [-0.3, -0.25) is 4.68 Å². The van der Waals surface area contributed by atoms with E-state index in [-0.39, 0.29) is 11.8 Å². The fourth-order valence-electron chi connectivity index (χ4n) is 2.85. The maximum Gasteiger partial charge on any atom is 0.165 e. The lowest BCUT2D eigenvalue weighted by Crippen LogP contribution is -2.28. The SMILES string of the molecule is CC[C@@H](N)CNc1ccnc(-c2cc(-c3cnn(CC(C)C)c3)ccc2O)n1. The number of aromatic hydroxyl groups is 1. The summed E-state index contributed by atoms with van der Waals surface area (Å²) in [6, 6.07) is 7.29. The minimum absolute atomic E-state index is 0.0671. The Morgan fingerprint density at radius 3 is 2.79 bits per heavy atom. The fourth-order valence-corrected chi connectivity index (χ4v) is 2.85. The van der Waals surface area contributed by atoms with Gasteiger partial charge in [0.2, 0.25) is 0 Å². The van der Waals surface area contributed by atoms with Crippen LogP contribution < -0.4 is 11.1 Å². The van der Waals surface area contributed by atoms with E-state index in [0.29, 0.717) is 29.7 Å². The second-order valence-corrected chi connectivity index (χ2v) is 7.39. The van der Waals surface area contributed by atoms with Crippen LogP contribution in [0.4, 0.5) is 5.82 Å². The van der Waals surface area contributed by atoms with Crippen molar-refractivity contribution in [2.45, 2.75) is 39.8 Å². The van der Waals surface area contributed by atoms with Crippen molar-refractivity contribution in [1.29, 1.82) is 0 Å². The van der Waals surface area contributed by atoms with E-state index in [9.17, 15) is 5.11 Å². The van der Waals surface area contributed by atoms with Crippen molar-refractivity contribution in [3.63, 3.8) is 0 Å². The third kappa shape index (κ3) is 4.86. The lowest BCUT2D eigenvalue weighted by Gasteiger charge is -2.12. The van der Waals surface area contributed by atoms with E-state index >= 15 is 0 Å². The molecule has 4 N–H and O–H groups in total. The molecule has 2 aromatic heterocycles. The normalized spacial score (nSPS) is 12.3. The number of aromatic nitrogens is 4. The minimum Gasteiger partial charge on any atom is -0.507 e. The van der Waals surface area contributed by atoms with Crippen LogP contribution in [-0.2, 0) is 6.54 Å². The first kappa shape index (κ1) is 19.8. The molecule has 0 saturated heterocycles. The van der Waals surface area contributed by atoms with E-state index in [1.807, 2.05) is 36.1 Å². The van der Waals surface area contributed by atoms with Crippen molar-refractivity contribution < 1.29 is 5.11 Å². The van der Waals surface area contributed by atoms with E-state index < -0.39 is 0 Å². The lowest BCUT2D eigenvalue weighted by atomic mass is 10.0. The molecule has 0 aliphatic rings. The van der Waals surface area contributed by atoms with E-state index in [1.54, 1.807) is 18.3 Å². The quantitative estimate of drug-likeness (QED) is 0.553. The summed E-state index contributed by atoms with van der Waals surface area (Å²) in [6.07, 6.45) is 6.41. The van der Waals surface area contributed by atoms with Crippen LogP contribution in [0.1, 0.15) is 27.2 Å². The molecule has 3 rings (SSSR count). The number of hydrogen-bond acceptors (Lipinski definition) is 6. The highest BCUT2D eigenvalue weighted by Crippen LogP contribution is 2.32. The van der Waals surface area contributed by atoms with Crippen LogP contribution >= 0.6 is 0 Å². The molecule has 7 nitrogen and oxygen atoms in total. The standard InChI is InChI=1S/C21H28N6O/c1-4-17(22)11-24-20-7-8-23-21(26-20)18-9-15(5-6-19(18)28)16-10-25-27(13-16)12-14(2)3/h5-10,13-14,17,28H,4,11-12,22H2,1-3H3,(H,23,24,26)/t17-/m1/s1. The summed E-state index contributed by atoms with van der Waals surface area (Å²) in [5.74, 6) is 1.81. The molecule has 0 fully saturated rings. The molecule has 0 aliphatic carbocycles. The third-order valence-corrected chi connectivity index (χ3v) is 4.48. The van der Waals surface area contributed by atoms with Crippen LogP contribution in [-0.4, -0.2) is 37.4 Å². The van der Waals surface area contributed by atoms with Crippen LogP contribution in [0, 0.1) is 5.92 Å². The predicted molar refractivity (Wildman–Crippen MR) is 112 cm³/mol. The summed E-state index contributed by atoms with van der Waals surface area (Å²) < 4.78 is 1.94. The Morgan fingerprint density at radius 2 is 2.04 bits per heavy atom. The fraction of sp³-hybridized carbons (Fsp3) is 0.381. The Balaban J connectivity index is 1.86. The number of nitrogens with one attached hydrogen (secondary N) is 1. The number of phenolic OH excluding ortho intramolecular Hbond substituents is 1. The smallest absolute Gasteiger partial charge is 0.165 e. The highest BCUT2D eigenvalue weighted by Gasteiger charge is 2.12. The van der Waals surface area contributed by atoms with E-state index in [0.717, 1.165) is 24.1 Å². The molecule has 7 heteroatoms. The summed E-state index contributed by atoms with van der Waals surface area (Å²) in [4.78, 5) is 8.86. The van der Waals surface area contributed by atoms with Gasteiger partial charge in [0, 0.05) is 37.1 Å². The Morgan fingerprint density at radius 1 is 1.21 bits per heavy atom. The van der Waals surface area contributed by atoms with Gasteiger partial charge in [-0.05, 0) is 36.1 Å². The molecule has 0 saturated carbocycles. The van der Waals surface area contributed by atoms with Gasteiger partial charge in [-0.1, -0.05) is 26.8 Å². The van der Waals surface area contributed by atoms with Gasteiger partial charge in [0.1, 0.15) is 11.6 Å². The zero-order valence-corrected chi connectivity index (χ0v) is 16.6. The Labute approximate surface area is 165 Å². The maximum atomic E-state index is 10.4. The summed E-state index contributed by atoms with van der Waals surface area (Å²) in [5.41, 5.74) is 8.48. The van der Waals surface area contributed by atoms with Crippen molar-refractivity contribution in [3.05, 3.63) is 42.9 Å². The van der Waals surface area contributed by atoms with Crippen LogP contribution in [0.15, 0.2) is 42.9 Å². The topological polar surface area (TPSA) is 102 Å². The summed E-state index contributed by atoms with van der Waals surface area (Å²) >= 11 is 0. The minimum atomic E-state index is 0.0671. The average Bonchev–Trinajstić information content (AvgIpc) is 3.14. The van der Waals surface area contributed by atoms with Gasteiger partial charge < -0.3 is 16.2 Å². The van der Waals surface area contributed by atoms with Gasteiger partial charge in [-0.15, -0.1) is 0 Å². The van der Waals surface area contributed by atoms with Crippen molar-refractivity contribution in [3.8, 4) is 28.3 Å². The number of benzene rings is 1. The van der Waals surface area contributed by atoms with Gasteiger partial charge >= 0.3 is 0 Å². The van der Waals surface area contributed by atoms with Gasteiger partial charge in [0.15, 0.2) is 5.82 Å². The van der Waals surface area contributed by atoms with Gasteiger partial charge in [-0.2, -0.15) is 5.10 Å². The van der Waals surface area contributed by atoms with E-state index in [1.165, 1.54) is 0 Å². The molecular weight excluding hydrogens is 352 g/mol. The number of phenols is 1. The Kier molecular flexibility index (Phi) is 6.26. The molecule has 148 valence electrons. The zero-order chi connectivity index (χ0) is 20.1. The highest BCUT2D eigenvalue weighted by molar-refractivity contribution is 5.74. The number of nitrogens with two attached hydrogens (primary N) is 1. The monoisotopic (exact) mass is 380 g/mol. The van der Waals surface area contributed by atoms with Crippen molar-refractivity contribution in [2.24, 2.45) is 11.7 Å². The molecule has 3 aromatic rings. The molecule has 0 spiro atoms. The first-order chi connectivity index (χ1) is 13.5. The molecule has 0 bridgehead atoms. The first-order valence-corrected chi connectivity index (χ1v) is 9.65. The second-order valence-electron chi connectivity index (χ2n) is 7.39. The molecular formula is C21H28N6O. The third-order valence-electron chi connectivity index (χ3n) is 4.48. The number of rotatable bonds is 8. The van der Waals surface area contributed by atoms with Gasteiger partial charge in [-0.25, -0.2) is 9.97 Å². The maximum absolute atomic E-state index is 10.4. The molecule has 0 unspecified atom stereocenters. The predicted octanol–water partition coefficient (Wildman–Crippen LogP) is 3.52. The zero-order valence-electron chi connectivity index (χ0n) is 16.6. The average molecular weight is 380 g/mol. The van der Waals surface area contributed by atoms with Crippen molar-refractivity contribution >= 4 is 5.82 Å². The number of anilines is 1. The molecule has 28 heavy (non-hydrogen) atoms. The van der Waals surface area contributed by atoms with Gasteiger partial charge in [0.25, 0.3) is 0 Å². The Bertz CT molecular complexity index is 921. The number of hydrogen-bond donors (Lipinski definition) is 3. The molecule has 1 atom stereocenters. The summed E-state index contributed by atoms with van der Waals surface area (Å²) in [6.45, 7) is 7.86. The summed E-state index contributed by atoms with van der Waals surface area (Å²) in [5, 5.41) is 18.0. The molecule has 0 radical (unpaired) electrons. The van der Waals surface area contributed by atoms with E-state index in [4.69, 9.17) is 5.73 Å². The lowest BCUT2D eigenvalue weighted by molar-refractivity contribution is 0.477. The number of nitrogens with zero attached hydrogens (tertiary/aromatic N) is 4. The van der Waals surface area contributed by atoms with Crippen LogP contribution in [0.2, 0.25) is 0 Å². The van der Waals surface area contributed by atoms with Crippen LogP contribution in [0.3, 0.4) is 0 Å². The molecule has 0 aliphatic heterocycles. The molecule has 2 heterocycles. The largest absolute Gasteiger partial charge is 0.507 e. The summed E-state index contributed by atoms with van der Waals surface area (Å²) in [7, 11) is 0. The Hall–Kier alpha value is -2.93. The molecule has 1 aromatic carbocycles. The highest BCUT2D eigenvalue weighted by atomic mass is 16.3. The van der Waals surface area contributed by atoms with Gasteiger partial charge in [0.05, 0.1) is 11.8 Å². The van der Waals surface area contributed by atoms with Crippen LogP contribution in [0.25, 0.3) is 22.5 Å².